The summed E-state index contributed by atoms with van der Waals surface area (Å²) >= 11 is 5.29. The third-order valence-electron chi connectivity index (χ3n) is 1.47. The molecule has 0 aromatic carbocycles. The smallest absolute Gasteiger partial charge is 0.423 e. The molecule has 0 fully saturated rings. The summed E-state index contributed by atoms with van der Waals surface area (Å²) in [5.74, 6) is 0. The molecule has 0 aliphatic carbocycles. The first-order valence-electron chi connectivity index (χ1n) is 3.41. The minimum Gasteiger partial charge on any atom is -0.423 e. The van der Waals surface area contributed by atoms with Crippen molar-refractivity contribution in [2.75, 3.05) is 0 Å². The van der Waals surface area contributed by atoms with Crippen LogP contribution in [-0.2, 0) is 6.18 Å². The molecule has 0 saturated heterocycles. The monoisotopic (exact) mass is 225 g/mol. The van der Waals surface area contributed by atoms with Gasteiger partial charge >= 0.3 is 13.3 Å². The van der Waals surface area contributed by atoms with Gasteiger partial charge in [0.05, 0.1) is 5.02 Å². The van der Waals surface area contributed by atoms with Crippen molar-refractivity contribution in [3.63, 3.8) is 0 Å². The molecule has 8 heteroatoms. The van der Waals surface area contributed by atoms with Gasteiger partial charge in [0, 0.05) is 11.7 Å². The van der Waals surface area contributed by atoms with Crippen molar-refractivity contribution in [2.24, 2.45) is 0 Å². The average Bonchev–Trinajstić information content (AvgIpc) is 2.01. The van der Waals surface area contributed by atoms with Crippen molar-refractivity contribution < 1.29 is 23.2 Å². The van der Waals surface area contributed by atoms with Gasteiger partial charge in [-0.15, -0.1) is 0 Å². The Morgan fingerprint density at radius 3 is 2.36 bits per heavy atom. The van der Waals surface area contributed by atoms with Gasteiger partial charge in [-0.1, -0.05) is 11.6 Å². The van der Waals surface area contributed by atoms with Crippen LogP contribution in [0.3, 0.4) is 0 Å². The molecule has 0 aliphatic rings. The Morgan fingerprint density at radius 2 is 1.93 bits per heavy atom. The van der Waals surface area contributed by atoms with Crippen LogP contribution in [0.15, 0.2) is 12.3 Å². The highest BCUT2D eigenvalue weighted by Gasteiger charge is 2.37. The number of hydrogen-bond donors (Lipinski definition) is 2. The average molecular weight is 225 g/mol. The first-order valence-corrected chi connectivity index (χ1v) is 3.79. The van der Waals surface area contributed by atoms with Crippen LogP contribution < -0.4 is 5.46 Å². The van der Waals surface area contributed by atoms with E-state index < -0.39 is 29.5 Å². The highest BCUT2D eigenvalue weighted by atomic mass is 35.5. The molecule has 0 radical (unpaired) electrons. The molecule has 1 aromatic heterocycles. The molecular weight excluding hydrogens is 221 g/mol. The molecule has 1 heterocycles. The quantitative estimate of drug-likeness (QED) is 0.682. The number of aromatic nitrogens is 1. The van der Waals surface area contributed by atoms with Gasteiger partial charge in [-0.25, -0.2) is 0 Å². The van der Waals surface area contributed by atoms with Crippen molar-refractivity contribution in [3.05, 3.63) is 23.0 Å². The molecule has 0 aliphatic heterocycles. The van der Waals surface area contributed by atoms with E-state index in [1.54, 1.807) is 0 Å². The summed E-state index contributed by atoms with van der Waals surface area (Å²) in [6.45, 7) is 0. The lowest BCUT2D eigenvalue weighted by molar-refractivity contribution is -0.141. The van der Waals surface area contributed by atoms with Crippen molar-refractivity contribution in [1.82, 2.24) is 4.98 Å². The summed E-state index contributed by atoms with van der Waals surface area (Å²) in [4.78, 5) is 3.01. The van der Waals surface area contributed by atoms with Crippen LogP contribution >= 0.6 is 11.6 Å². The fraction of sp³-hybridized carbons (Fsp3) is 0.167. The highest BCUT2D eigenvalue weighted by Crippen LogP contribution is 2.31. The minimum absolute atomic E-state index is 0.422. The predicted molar refractivity (Wildman–Crippen MR) is 44.1 cm³/mol. The lowest BCUT2D eigenvalue weighted by Crippen LogP contribution is -2.32. The van der Waals surface area contributed by atoms with E-state index in [2.05, 4.69) is 4.98 Å². The van der Waals surface area contributed by atoms with Gasteiger partial charge in [-0.3, -0.25) is 4.98 Å². The van der Waals surface area contributed by atoms with E-state index in [1.165, 1.54) is 0 Å². The van der Waals surface area contributed by atoms with Crippen LogP contribution in [0.2, 0.25) is 5.02 Å². The summed E-state index contributed by atoms with van der Waals surface area (Å²) in [6.07, 6.45) is -3.90. The molecule has 0 amide bonds. The van der Waals surface area contributed by atoms with E-state index in [1.807, 2.05) is 0 Å². The second-order valence-corrected chi connectivity index (χ2v) is 2.81. The first kappa shape index (κ1) is 11.3. The zero-order chi connectivity index (χ0) is 10.9. The molecular formula is C6H4BClF3NO2. The Labute approximate surface area is 82.3 Å². The molecule has 0 bridgehead atoms. The van der Waals surface area contributed by atoms with Gasteiger partial charge in [-0.2, -0.15) is 13.2 Å². The van der Waals surface area contributed by atoms with Gasteiger partial charge < -0.3 is 10.0 Å². The Bertz CT molecular complexity index is 344. The van der Waals surface area contributed by atoms with E-state index >= 15 is 0 Å². The summed E-state index contributed by atoms with van der Waals surface area (Å²) in [5, 5.41) is 16.5. The normalized spacial score (nSPS) is 11.6. The number of rotatable bonds is 1. The van der Waals surface area contributed by atoms with Gasteiger partial charge in [0.15, 0.2) is 5.69 Å². The highest BCUT2D eigenvalue weighted by molar-refractivity contribution is 6.62. The number of nitrogens with zero attached hydrogens (tertiary/aromatic N) is 1. The number of halogens is 4. The summed E-state index contributed by atoms with van der Waals surface area (Å²) in [5.41, 5.74) is -1.75. The van der Waals surface area contributed by atoms with Crippen LogP contribution in [0.4, 0.5) is 13.2 Å². The molecule has 0 atom stereocenters. The number of hydrogen-bond acceptors (Lipinski definition) is 3. The van der Waals surface area contributed by atoms with Crippen molar-refractivity contribution in [1.29, 1.82) is 0 Å². The summed E-state index contributed by atoms with van der Waals surface area (Å²) < 4.78 is 36.5. The molecule has 0 saturated carbocycles. The standard InChI is InChI=1S/C6H4BClF3NO2/c8-4-3(7(13)14)1-2-12-5(4)6(9,10)11/h1-2,13-14H. The fourth-order valence-electron chi connectivity index (χ4n) is 0.856. The molecule has 1 rings (SSSR count). The van der Waals surface area contributed by atoms with Crippen LogP contribution in [0.25, 0.3) is 0 Å². The largest absolute Gasteiger partial charge is 0.490 e. The molecule has 0 unspecified atom stereocenters. The molecule has 2 N–H and O–H groups in total. The summed E-state index contributed by atoms with van der Waals surface area (Å²) in [6, 6.07) is 1.00. The van der Waals surface area contributed by atoms with Gasteiger partial charge in [0.25, 0.3) is 0 Å². The SMILES string of the molecule is OB(O)c1ccnc(C(F)(F)F)c1Cl. The second-order valence-electron chi connectivity index (χ2n) is 2.43. The number of pyridine rings is 1. The van der Waals surface area contributed by atoms with Crippen molar-refractivity contribution >= 4 is 24.2 Å². The zero-order valence-corrected chi connectivity index (χ0v) is 7.34. The zero-order valence-electron chi connectivity index (χ0n) is 6.59. The molecule has 76 valence electrons. The fourth-order valence-corrected chi connectivity index (χ4v) is 1.17. The minimum atomic E-state index is -4.71. The van der Waals surface area contributed by atoms with Crippen LogP contribution in [-0.4, -0.2) is 22.2 Å². The van der Waals surface area contributed by atoms with Gasteiger partial charge in [0.2, 0.25) is 0 Å². The van der Waals surface area contributed by atoms with Crippen molar-refractivity contribution in [2.45, 2.75) is 6.18 Å². The maximum absolute atomic E-state index is 12.2. The van der Waals surface area contributed by atoms with E-state index in [0.29, 0.717) is 0 Å². The Morgan fingerprint density at radius 1 is 1.36 bits per heavy atom. The third kappa shape index (κ3) is 2.17. The molecule has 0 spiro atoms. The van der Waals surface area contributed by atoms with Crippen LogP contribution in [0.5, 0.6) is 0 Å². The van der Waals surface area contributed by atoms with Crippen LogP contribution in [0.1, 0.15) is 5.69 Å². The lowest BCUT2D eigenvalue weighted by Gasteiger charge is -2.10. The second kappa shape index (κ2) is 3.76. The Balaban J connectivity index is 3.28. The maximum atomic E-state index is 12.2. The van der Waals surface area contributed by atoms with E-state index in [-0.39, 0.29) is 0 Å². The third-order valence-corrected chi connectivity index (χ3v) is 1.86. The van der Waals surface area contributed by atoms with Crippen molar-refractivity contribution in [3.8, 4) is 0 Å². The maximum Gasteiger partial charge on any atom is 0.490 e. The summed E-state index contributed by atoms with van der Waals surface area (Å²) in [7, 11) is -2.05. The van der Waals surface area contributed by atoms with E-state index in [9.17, 15) is 13.2 Å². The van der Waals surface area contributed by atoms with Gasteiger partial charge in [-0.05, 0) is 6.07 Å². The predicted octanol–water partition coefficient (Wildman–Crippen LogP) is 0.434. The molecule has 14 heavy (non-hydrogen) atoms. The van der Waals surface area contributed by atoms with E-state index in [0.717, 1.165) is 12.3 Å². The topological polar surface area (TPSA) is 53.4 Å². The lowest BCUT2D eigenvalue weighted by atomic mass is 9.80. The Kier molecular flexibility index (Phi) is 3.03. The van der Waals surface area contributed by atoms with Gasteiger partial charge in [0.1, 0.15) is 0 Å². The first-order chi connectivity index (χ1) is 6.34. The van der Waals surface area contributed by atoms with E-state index in [4.69, 9.17) is 21.6 Å². The Hall–Kier alpha value is -0.785. The molecule has 1 aromatic rings. The molecule has 3 nitrogen and oxygen atoms in total. The van der Waals surface area contributed by atoms with Crippen LogP contribution in [0, 0.1) is 0 Å². The number of alkyl halides is 3.